The predicted molar refractivity (Wildman–Crippen MR) is 89.5 cm³/mol. The van der Waals surface area contributed by atoms with Gasteiger partial charge in [0.1, 0.15) is 18.0 Å². The van der Waals surface area contributed by atoms with Crippen LogP contribution in [0.25, 0.3) is 0 Å². The van der Waals surface area contributed by atoms with Crippen LogP contribution >= 0.6 is 0 Å². The molecule has 0 atom stereocenters. The third-order valence-corrected chi connectivity index (χ3v) is 5.26. The topological polar surface area (TPSA) is 115 Å². The Morgan fingerprint density at radius 1 is 1.32 bits per heavy atom. The number of hydrogen-bond acceptors (Lipinski definition) is 5. The number of nitrogens with zero attached hydrogens (tertiary/aromatic N) is 1. The molecule has 1 aliphatic heterocycles. The molecule has 2 heterocycles. The van der Waals surface area contributed by atoms with Gasteiger partial charge in [-0.05, 0) is 42.8 Å². The Morgan fingerprint density at radius 3 is 2.80 bits per heavy atom. The van der Waals surface area contributed by atoms with Crippen LogP contribution in [0.3, 0.4) is 0 Å². The van der Waals surface area contributed by atoms with E-state index in [1.807, 2.05) is 0 Å². The van der Waals surface area contributed by atoms with Gasteiger partial charge in [-0.1, -0.05) is 0 Å². The molecule has 0 spiro atoms. The van der Waals surface area contributed by atoms with Crippen LogP contribution in [-0.2, 0) is 27.8 Å². The van der Waals surface area contributed by atoms with E-state index in [1.54, 1.807) is 13.0 Å². The third-order valence-electron chi connectivity index (χ3n) is 3.90. The highest BCUT2D eigenvalue weighted by molar-refractivity contribution is 7.92. The highest BCUT2D eigenvalue weighted by Crippen LogP contribution is 2.28. The SMILES string of the molecule is Cc1ccc(NS(=O)(=O)c2ccc3c(c2)CCO3)c(=O)n1CC(=O)O. The van der Waals surface area contributed by atoms with Crippen molar-refractivity contribution in [2.24, 2.45) is 0 Å². The number of carbonyl (C=O) groups is 1. The van der Waals surface area contributed by atoms with Gasteiger partial charge >= 0.3 is 5.97 Å². The first-order valence-corrected chi connectivity index (χ1v) is 8.97. The Balaban J connectivity index is 1.96. The highest BCUT2D eigenvalue weighted by Gasteiger charge is 2.21. The number of carboxylic acids is 1. The molecular formula is C16H16N2O6S. The van der Waals surface area contributed by atoms with Gasteiger partial charge in [0.25, 0.3) is 15.6 Å². The summed E-state index contributed by atoms with van der Waals surface area (Å²) in [4.78, 5) is 23.3. The van der Waals surface area contributed by atoms with Crippen LogP contribution in [0.1, 0.15) is 11.3 Å². The number of hydrogen-bond donors (Lipinski definition) is 2. The number of benzene rings is 1. The molecule has 1 aromatic carbocycles. The first-order valence-electron chi connectivity index (χ1n) is 7.49. The Hall–Kier alpha value is -2.81. The molecule has 2 aromatic rings. The molecule has 2 N–H and O–H groups in total. The number of sulfonamides is 1. The largest absolute Gasteiger partial charge is 0.493 e. The molecule has 8 nitrogen and oxygen atoms in total. The van der Waals surface area contributed by atoms with Crippen LogP contribution in [0.2, 0.25) is 0 Å². The van der Waals surface area contributed by atoms with Gasteiger partial charge in [-0.25, -0.2) is 8.42 Å². The zero-order chi connectivity index (χ0) is 18.2. The first-order chi connectivity index (χ1) is 11.8. The van der Waals surface area contributed by atoms with Crippen LogP contribution in [0, 0.1) is 6.92 Å². The lowest BCUT2D eigenvalue weighted by atomic mass is 10.2. The van der Waals surface area contributed by atoms with Crippen molar-refractivity contribution < 1.29 is 23.1 Å². The molecule has 0 unspecified atom stereocenters. The summed E-state index contributed by atoms with van der Waals surface area (Å²) >= 11 is 0. The lowest BCUT2D eigenvalue weighted by Gasteiger charge is -2.12. The van der Waals surface area contributed by atoms with Crippen LogP contribution in [0.4, 0.5) is 5.69 Å². The number of rotatable bonds is 5. The minimum atomic E-state index is -3.98. The van der Waals surface area contributed by atoms with Gasteiger partial charge in [-0.2, -0.15) is 0 Å². The summed E-state index contributed by atoms with van der Waals surface area (Å²) < 4.78 is 33.7. The van der Waals surface area contributed by atoms with E-state index in [2.05, 4.69) is 4.72 Å². The fourth-order valence-corrected chi connectivity index (χ4v) is 3.72. The number of nitrogens with one attached hydrogen (secondary N) is 1. The maximum atomic E-state index is 12.6. The Labute approximate surface area is 143 Å². The fraction of sp³-hybridized carbons (Fsp3) is 0.250. The molecule has 9 heteroatoms. The molecule has 0 bridgehead atoms. The molecule has 25 heavy (non-hydrogen) atoms. The zero-order valence-corrected chi connectivity index (χ0v) is 14.2. The molecule has 1 aliphatic rings. The van der Waals surface area contributed by atoms with Crippen molar-refractivity contribution in [3.8, 4) is 5.75 Å². The average molecular weight is 364 g/mol. The van der Waals surface area contributed by atoms with Crippen molar-refractivity contribution in [1.82, 2.24) is 4.57 Å². The minimum absolute atomic E-state index is 0.0153. The van der Waals surface area contributed by atoms with Crippen molar-refractivity contribution in [2.45, 2.75) is 24.8 Å². The van der Waals surface area contributed by atoms with Crippen LogP contribution in [0.5, 0.6) is 5.75 Å². The average Bonchev–Trinajstić information content (AvgIpc) is 3.01. The lowest BCUT2D eigenvalue weighted by Crippen LogP contribution is -2.29. The van der Waals surface area contributed by atoms with Crippen molar-refractivity contribution in [1.29, 1.82) is 0 Å². The molecule has 1 aromatic heterocycles. The van der Waals surface area contributed by atoms with E-state index in [0.717, 1.165) is 10.1 Å². The Bertz CT molecular complexity index is 1010. The number of fused-ring (bicyclic) bond motifs is 1. The monoisotopic (exact) mass is 364 g/mol. The third kappa shape index (κ3) is 3.36. The number of carboxylic acid groups (broad SMARTS) is 1. The van der Waals surface area contributed by atoms with Gasteiger partial charge in [0, 0.05) is 12.1 Å². The summed E-state index contributed by atoms with van der Waals surface area (Å²) in [5, 5.41) is 8.90. The molecule has 0 amide bonds. The van der Waals surface area contributed by atoms with Gasteiger partial charge in [0.15, 0.2) is 0 Å². The predicted octanol–water partition coefficient (Wildman–Crippen LogP) is 0.977. The normalized spacial score (nSPS) is 13.2. The maximum absolute atomic E-state index is 12.6. The molecule has 0 fully saturated rings. The van der Waals surface area contributed by atoms with Crippen LogP contribution < -0.4 is 15.0 Å². The zero-order valence-electron chi connectivity index (χ0n) is 13.4. The number of ether oxygens (including phenoxy) is 1. The summed E-state index contributed by atoms with van der Waals surface area (Å²) in [5.74, 6) is -0.540. The molecule has 132 valence electrons. The van der Waals surface area contributed by atoms with E-state index in [0.29, 0.717) is 24.5 Å². The Kier molecular flexibility index (Phi) is 4.25. The summed E-state index contributed by atoms with van der Waals surface area (Å²) in [6, 6.07) is 7.29. The number of anilines is 1. The van der Waals surface area contributed by atoms with Crippen molar-refractivity contribution in [3.05, 3.63) is 51.9 Å². The molecular weight excluding hydrogens is 348 g/mol. The fourth-order valence-electron chi connectivity index (χ4n) is 2.61. The molecule has 3 rings (SSSR count). The number of aryl methyl sites for hydroxylation is 1. The second kappa shape index (κ2) is 6.25. The van der Waals surface area contributed by atoms with Gasteiger partial charge < -0.3 is 9.84 Å². The second-order valence-corrected chi connectivity index (χ2v) is 7.33. The maximum Gasteiger partial charge on any atom is 0.323 e. The van der Waals surface area contributed by atoms with Crippen LogP contribution in [-0.4, -0.2) is 30.7 Å². The number of pyridine rings is 1. The van der Waals surface area contributed by atoms with E-state index in [9.17, 15) is 18.0 Å². The van der Waals surface area contributed by atoms with E-state index in [4.69, 9.17) is 9.84 Å². The van der Waals surface area contributed by atoms with Gasteiger partial charge in [0.2, 0.25) is 0 Å². The van der Waals surface area contributed by atoms with Crippen molar-refractivity contribution in [3.63, 3.8) is 0 Å². The molecule has 0 saturated heterocycles. The Morgan fingerprint density at radius 2 is 2.08 bits per heavy atom. The minimum Gasteiger partial charge on any atom is -0.493 e. The quantitative estimate of drug-likeness (QED) is 0.817. The van der Waals surface area contributed by atoms with E-state index in [-0.39, 0.29) is 10.6 Å². The van der Waals surface area contributed by atoms with E-state index >= 15 is 0 Å². The molecule has 0 aliphatic carbocycles. The second-order valence-electron chi connectivity index (χ2n) is 5.65. The van der Waals surface area contributed by atoms with Gasteiger partial charge in [0.05, 0.1) is 11.5 Å². The summed E-state index contributed by atoms with van der Waals surface area (Å²) in [6.45, 7) is 1.53. The first kappa shape index (κ1) is 17.0. The van der Waals surface area contributed by atoms with Gasteiger partial charge in [-0.3, -0.25) is 18.9 Å². The molecule has 0 saturated carbocycles. The van der Waals surface area contributed by atoms with E-state index < -0.39 is 28.1 Å². The van der Waals surface area contributed by atoms with Crippen molar-refractivity contribution in [2.75, 3.05) is 11.3 Å². The standard InChI is InChI=1S/C16H16N2O6S/c1-10-2-4-13(16(21)18(10)9-15(19)20)17-25(22,23)12-3-5-14-11(8-12)6-7-24-14/h2-5,8,17H,6-7,9H2,1H3,(H,19,20). The van der Waals surface area contributed by atoms with Gasteiger partial charge in [-0.15, -0.1) is 0 Å². The smallest absolute Gasteiger partial charge is 0.323 e. The highest BCUT2D eigenvalue weighted by atomic mass is 32.2. The van der Waals surface area contributed by atoms with Crippen molar-refractivity contribution >= 4 is 21.7 Å². The van der Waals surface area contributed by atoms with E-state index in [1.165, 1.54) is 24.3 Å². The molecule has 0 radical (unpaired) electrons. The summed E-state index contributed by atoms with van der Waals surface area (Å²) in [5.41, 5.74) is 0.291. The lowest BCUT2D eigenvalue weighted by molar-refractivity contribution is -0.137. The van der Waals surface area contributed by atoms with Crippen LogP contribution in [0.15, 0.2) is 40.0 Å². The summed E-state index contributed by atoms with van der Waals surface area (Å²) in [7, 11) is -3.98. The summed E-state index contributed by atoms with van der Waals surface area (Å²) in [6.07, 6.45) is 0.620. The number of aliphatic carboxylic acids is 1. The number of aromatic nitrogens is 1.